The number of hydrogen-bond acceptors (Lipinski definition) is 9. The highest BCUT2D eigenvalue weighted by molar-refractivity contribution is 7.89. The Hall–Kier alpha value is -4.06. The molecule has 10 nitrogen and oxygen atoms in total. The van der Waals surface area contributed by atoms with E-state index < -0.39 is 10.0 Å². The summed E-state index contributed by atoms with van der Waals surface area (Å²) in [5, 5.41) is 3.17. The predicted molar refractivity (Wildman–Crippen MR) is 157 cm³/mol. The van der Waals surface area contributed by atoms with Crippen LogP contribution < -0.4 is 19.8 Å². The van der Waals surface area contributed by atoms with Gasteiger partial charge in [0.05, 0.1) is 18.1 Å². The number of benzene rings is 2. The Morgan fingerprint density at radius 3 is 2.65 bits per heavy atom. The standard InChI is InChI=1S/C29H33N7O3S/c1-2-14-36(26-9-4-8-25(20-26)35-15-17-39-18-16-35)28-11-13-31-29(34-28)33-24-7-3-10-27(19-24)40(37,38)32-22-23-6-5-12-30-21-23/h3-13,19-21,32H,2,14-18,22H2,1H3,(H,31,33,34). The van der Waals surface area contributed by atoms with Crippen molar-refractivity contribution in [3.8, 4) is 0 Å². The molecule has 0 saturated carbocycles. The number of hydrogen-bond donors (Lipinski definition) is 2. The lowest BCUT2D eigenvalue weighted by Gasteiger charge is -2.30. The van der Waals surface area contributed by atoms with Crippen LogP contribution in [0.3, 0.4) is 0 Å². The maximum atomic E-state index is 12.9. The van der Waals surface area contributed by atoms with Gasteiger partial charge < -0.3 is 19.9 Å². The fourth-order valence-corrected chi connectivity index (χ4v) is 5.54. The van der Waals surface area contributed by atoms with Crippen molar-refractivity contribution < 1.29 is 13.2 Å². The highest BCUT2D eigenvalue weighted by Crippen LogP contribution is 2.29. The SMILES string of the molecule is CCCN(c1cccc(N2CCOCC2)c1)c1ccnc(Nc2cccc(S(=O)(=O)NCc3cccnc3)c2)n1. The zero-order valence-corrected chi connectivity index (χ0v) is 23.2. The highest BCUT2D eigenvalue weighted by atomic mass is 32.2. The molecule has 11 heteroatoms. The van der Waals surface area contributed by atoms with Crippen molar-refractivity contribution in [2.75, 3.05) is 48.0 Å². The van der Waals surface area contributed by atoms with Crippen LogP contribution in [0.25, 0.3) is 0 Å². The Bertz CT molecular complexity index is 1510. The number of rotatable bonds is 11. The average molecular weight is 560 g/mol. The summed E-state index contributed by atoms with van der Waals surface area (Å²) in [7, 11) is -3.73. The Kier molecular flexibility index (Phi) is 8.84. The zero-order valence-electron chi connectivity index (χ0n) is 22.4. The molecule has 0 radical (unpaired) electrons. The highest BCUT2D eigenvalue weighted by Gasteiger charge is 2.17. The summed E-state index contributed by atoms with van der Waals surface area (Å²) in [6, 6.07) is 20.5. The first kappa shape index (κ1) is 27.5. The molecule has 5 rings (SSSR count). The van der Waals surface area contributed by atoms with Gasteiger partial charge in [-0.2, -0.15) is 4.98 Å². The van der Waals surface area contributed by atoms with E-state index in [9.17, 15) is 8.42 Å². The van der Waals surface area contributed by atoms with Gasteiger partial charge in [-0.05, 0) is 60.5 Å². The van der Waals surface area contributed by atoms with Gasteiger partial charge >= 0.3 is 0 Å². The largest absolute Gasteiger partial charge is 0.378 e. The van der Waals surface area contributed by atoms with E-state index in [1.807, 2.05) is 12.1 Å². The summed E-state index contributed by atoms with van der Waals surface area (Å²) >= 11 is 0. The van der Waals surface area contributed by atoms with Crippen LogP contribution in [0.2, 0.25) is 0 Å². The van der Waals surface area contributed by atoms with Crippen molar-refractivity contribution in [2.45, 2.75) is 24.8 Å². The third kappa shape index (κ3) is 6.92. The Morgan fingerprint density at radius 1 is 1.00 bits per heavy atom. The minimum absolute atomic E-state index is 0.144. The molecule has 0 bridgehead atoms. The molecule has 0 amide bonds. The summed E-state index contributed by atoms with van der Waals surface area (Å²) in [4.78, 5) is 17.8. The van der Waals surface area contributed by atoms with Gasteiger partial charge in [-0.1, -0.05) is 25.1 Å². The summed E-state index contributed by atoms with van der Waals surface area (Å²) in [5.41, 5.74) is 3.54. The molecule has 0 spiro atoms. The normalized spacial score (nSPS) is 13.7. The maximum absolute atomic E-state index is 12.9. The van der Waals surface area contributed by atoms with Crippen LogP contribution in [0.15, 0.2) is 90.2 Å². The van der Waals surface area contributed by atoms with Gasteiger partial charge in [0.25, 0.3) is 0 Å². The molecule has 1 saturated heterocycles. The van der Waals surface area contributed by atoms with Crippen molar-refractivity contribution in [1.29, 1.82) is 0 Å². The zero-order chi connectivity index (χ0) is 27.8. The van der Waals surface area contributed by atoms with Gasteiger partial charge in [-0.3, -0.25) is 4.98 Å². The number of sulfonamides is 1. The second-order valence-electron chi connectivity index (χ2n) is 9.35. The first-order valence-electron chi connectivity index (χ1n) is 13.3. The van der Waals surface area contributed by atoms with E-state index in [1.54, 1.807) is 48.9 Å². The van der Waals surface area contributed by atoms with Crippen molar-refractivity contribution >= 4 is 38.9 Å². The lowest BCUT2D eigenvalue weighted by atomic mass is 10.2. The lowest BCUT2D eigenvalue weighted by Crippen LogP contribution is -2.36. The summed E-state index contributed by atoms with van der Waals surface area (Å²) in [6.07, 6.45) is 5.91. The molecule has 1 fully saturated rings. The molecule has 0 unspecified atom stereocenters. The second kappa shape index (κ2) is 12.9. The third-order valence-corrected chi connectivity index (χ3v) is 7.87. The molecule has 2 aromatic carbocycles. The Labute approximate surface area is 235 Å². The van der Waals surface area contributed by atoms with Gasteiger partial charge in [-0.25, -0.2) is 18.1 Å². The minimum Gasteiger partial charge on any atom is -0.378 e. The number of ether oxygens (including phenoxy) is 1. The quantitative estimate of drug-likeness (QED) is 0.275. The minimum atomic E-state index is -3.73. The summed E-state index contributed by atoms with van der Waals surface area (Å²) in [5.74, 6) is 1.13. The van der Waals surface area contributed by atoms with Crippen LogP contribution in [0.1, 0.15) is 18.9 Å². The van der Waals surface area contributed by atoms with E-state index in [-0.39, 0.29) is 11.4 Å². The van der Waals surface area contributed by atoms with Crippen molar-refractivity contribution in [1.82, 2.24) is 19.7 Å². The monoisotopic (exact) mass is 559 g/mol. The van der Waals surface area contributed by atoms with Crippen LogP contribution in [0.5, 0.6) is 0 Å². The number of nitrogens with zero attached hydrogens (tertiary/aromatic N) is 5. The van der Waals surface area contributed by atoms with Crippen LogP contribution in [-0.2, 0) is 21.3 Å². The van der Waals surface area contributed by atoms with Crippen LogP contribution in [0.4, 0.5) is 28.8 Å². The fourth-order valence-electron chi connectivity index (χ4n) is 4.47. The van der Waals surface area contributed by atoms with E-state index >= 15 is 0 Å². The van der Waals surface area contributed by atoms with Crippen molar-refractivity contribution in [3.63, 3.8) is 0 Å². The lowest BCUT2D eigenvalue weighted by molar-refractivity contribution is 0.122. The maximum Gasteiger partial charge on any atom is 0.240 e. The van der Waals surface area contributed by atoms with Crippen molar-refractivity contribution in [2.24, 2.45) is 0 Å². The van der Waals surface area contributed by atoms with E-state index in [0.717, 1.165) is 62.0 Å². The molecule has 2 aromatic heterocycles. The van der Waals surface area contributed by atoms with E-state index in [2.05, 4.69) is 61.0 Å². The van der Waals surface area contributed by atoms with Gasteiger partial charge in [0.1, 0.15) is 5.82 Å². The Morgan fingerprint density at radius 2 is 1.85 bits per heavy atom. The fraction of sp³-hybridized carbons (Fsp3) is 0.276. The molecule has 208 valence electrons. The van der Waals surface area contributed by atoms with E-state index in [0.29, 0.717) is 11.6 Å². The van der Waals surface area contributed by atoms with Crippen LogP contribution >= 0.6 is 0 Å². The molecule has 1 aliphatic rings. The second-order valence-corrected chi connectivity index (χ2v) is 11.1. The molecule has 1 aliphatic heterocycles. The predicted octanol–water partition coefficient (Wildman–Crippen LogP) is 4.48. The third-order valence-electron chi connectivity index (χ3n) is 6.47. The Balaban J connectivity index is 1.33. The van der Waals surface area contributed by atoms with Gasteiger partial charge in [0.15, 0.2) is 0 Å². The summed E-state index contributed by atoms with van der Waals surface area (Å²) < 4.78 is 34.0. The molecular weight excluding hydrogens is 526 g/mol. The van der Waals surface area contributed by atoms with Crippen LogP contribution in [0, 0.1) is 0 Å². The first-order valence-corrected chi connectivity index (χ1v) is 14.8. The van der Waals surface area contributed by atoms with Gasteiger partial charge in [0.2, 0.25) is 16.0 Å². The molecule has 0 aliphatic carbocycles. The number of anilines is 5. The molecule has 4 aromatic rings. The van der Waals surface area contributed by atoms with Gasteiger partial charge in [-0.15, -0.1) is 0 Å². The first-order chi connectivity index (χ1) is 19.5. The molecule has 3 heterocycles. The molecule has 0 atom stereocenters. The molecule has 40 heavy (non-hydrogen) atoms. The molecular formula is C29H33N7O3S. The molecule has 2 N–H and O–H groups in total. The average Bonchev–Trinajstić information content (AvgIpc) is 3.00. The van der Waals surface area contributed by atoms with E-state index in [1.165, 1.54) is 0 Å². The van der Waals surface area contributed by atoms with E-state index in [4.69, 9.17) is 9.72 Å². The number of morpholine rings is 1. The number of aromatic nitrogens is 3. The van der Waals surface area contributed by atoms with Gasteiger partial charge in [0, 0.05) is 61.8 Å². The van der Waals surface area contributed by atoms with Crippen LogP contribution in [-0.4, -0.2) is 56.2 Å². The number of nitrogens with one attached hydrogen (secondary N) is 2. The smallest absolute Gasteiger partial charge is 0.240 e. The topological polar surface area (TPSA) is 113 Å². The van der Waals surface area contributed by atoms with Crippen molar-refractivity contribution in [3.05, 3.63) is 90.9 Å². The number of pyridine rings is 1. The summed E-state index contributed by atoms with van der Waals surface area (Å²) in [6.45, 7) is 6.25.